The molecule has 2 rings (SSSR count). The van der Waals surface area contributed by atoms with Gasteiger partial charge in [0.15, 0.2) is 0 Å². The third kappa shape index (κ3) is 2.89. The summed E-state index contributed by atoms with van der Waals surface area (Å²) >= 11 is 5.45. The molecule has 96 valence electrons. The van der Waals surface area contributed by atoms with Crippen molar-refractivity contribution in [2.24, 2.45) is 0 Å². The normalized spacial score (nSPS) is 9.74. The number of para-hydroxylation sites is 1. The van der Waals surface area contributed by atoms with Gasteiger partial charge in [0.05, 0.1) is 17.6 Å². The Hall–Kier alpha value is -1.97. The maximum absolute atomic E-state index is 12.1. The molecule has 0 atom stereocenters. The molecule has 2 aromatic rings. The van der Waals surface area contributed by atoms with Crippen LogP contribution < -0.4 is 10.1 Å². The van der Waals surface area contributed by atoms with E-state index in [0.29, 0.717) is 21.9 Å². The smallest absolute Gasteiger partial charge is 0.265 e. The largest absolute Gasteiger partial charge is 0.495 e. The maximum atomic E-state index is 12.1. The third-order valence-electron chi connectivity index (χ3n) is 2.41. The highest BCUT2D eigenvalue weighted by molar-refractivity contribution is 7.80. The molecule has 1 heterocycles. The number of hydrogen-bond acceptors (Lipinski definition) is 5. The second-order valence-electron chi connectivity index (χ2n) is 3.62. The molecule has 0 spiro atoms. The number of hydrogen-bond donors (Lipinski definition) is 2. The van der Waals surface area contributed by atoms with Gasteiger partial charge in [0, 0.05) is 10.3 Å². The predicted octanol–water partition coefficient (Wildman–Crippen LogP) is 3.17. The van der Waals surface area contributed by atoms with Crippen LogP contribution in [0.25, 0.3) is 0 Å². The molecule has 0 saturated heterocycles. The van der Waals surface area contributed by atoms with Crippen LogP contribution in [0.4, 0.5) is 5.69 Å². The van der Waals surface area contributed by atoms with E-state index in [1.54, 1.807) is 29.6 Å². The number of nitrogens with zero attached hydrogens (tertiary/aromatic N) is 1. The topological polar surface area (TPSA) is 62.1 Å². The number of amides is 1. The van der Waals surface area contributed by atoms with Crippen molar-refractivity contribution in [1.29, 1.82) is 5.26 Å². The van der Waals surface area contributed by atoms with Crippen molar-refractivity contribution < 1.29 is 9.53 Å². The van der Waals surface area contributed by atoms with Gasteiger partial charge in [-0.3, -0.25) is 4.79 Å². The second-order valence-corrected chi connectivity index (χ2v) is 5.05. The summed E-state index contributed by atoms with van der Waals surface area (Å²) < 4.78 is 5.15. The standard InChI is InChI=1S/C13H10N2O2S2/c1-17-10-4-2-3-8(6-14)12(10)15-13(16)11-5-9(18)7-19-11/h2-5,7,18H,1H3,(H,15,16). The molecular formula is C13H10N2O2S2. The zero-order chi connectivity index (χ0) is 13.8. The van der Waals surface area contributed by atoms with Crippen molar-refractivity contribution >= 4 is 35.6 Å². The number of nitrogens with one attached hydrogen (secondary N) is 1. The quantitative estimate of drug-likeness (QED) is 0.853. The highest BCUT2D eigenvalue weighted by atomic mass is 32.1. The maximum Gasteiger partial charge on any atom is 0.265 e. The van der Waals surface area contributed by atoms with Crippen molar-refractivity contribution in [3.63, 3.8) is 0 Å². The van der Waals surface area contributed by atoms with Crippen LogP contribution in [-0.2, 0) is 0 Å². The van der Waals surface area contributed by atoms with Gasteiger partial charge in [-0.2, -0.15) is 5.26 Å². The van der Waals surface area contributed by atoms with Gasteiger partial charge in [-0.15, -0.1) is 24.0 Å². The average Bonchev–Trinajstić information content (AvgIpc) is 2.85. The van der Waals surface area contributed by atoms with E-state index in [-0.39, 0.29) is 5.91 Å². The average molecular weight is 290 g/mol. The van der Waals surface area contributed by atoms with Crippen LogP contribution in [-0.4, -0.2) is 13.0 Å². The fourth-order valence-electron chi connectivity index (χ4n) is 1.54. The van der Waals surface area contributed by atoms with Gasteiger partial charge in [-0.1, -0.05) is 6.07 Å². The van der Waals surface area contributed by atoms with Crippen molar-refractivity contribution in [2.45, 2.75) is 4.90 Å². The van der Waals surface area contributed by atoms with Gasteiger partial charge in [0.2, 0.25) is 0 Å². The summed E-state index contributed by atoms with van der Waals surface area (Å²) in [5.74, 6) is 0.168. The Morgan fingerprint density at radius 2 is 2.32 bits per heavy atom. The van der Waals surface area contributed by atoms with Crippen molar-refractivity contribution in [2.75, 3.05) is 12.4 Å². The van der Waals surface area contributed by atoms with E-state index in [0.717, 1.165) is 4.90 Å². The molecule has 0 aliphatic carbocycles. The predicted molar refractivity (Wildman–Crippen MR) is 77.2 cm³/mol. The molecule has 1 aromatic carbocycles. The second kappa shape index (κ2) is 5.78. The van der Waals surface area contributed by atoms with Crippen LogP contribution in [0.1, 0.15) is 15.2 Å². The molecule has 1 aromatic heterocycles. The first-order valence-corrected chi connectivity index (χ1v) is 6.64. The Kier molecular flexibility index (Phi) is 4.10. The zero-order valence-electron chi connectivity index (χ0n) is 10.0. The van der Waals surface area contributed by atoms with Gasteiger partial charge < -0.3 is 10.1 Å². The molecule has 6 heteroatoms. The summed E-state index contributed by atoms with van der Waals surface area (Å²) in [5, 5.41) is 13.5. The summed E-state index contributed by atoms with van der Waals surface area (Å²) in [7, 11) is 1.49. The SMILES string of the molecule is COc1cccc(C#N)c1NC(=O)c1cc(S)cs1. The Morgan fingerprint density at radius 1 is 1.53 bits per heavy atom. The van der Waals surface area contributed by atoms with E-state index < -0.39 is 0 Å². The molecular weight excluding hydrogens is 280 g/mol. The van der Waals surface area contributed by atoms with Crippen LogP contribution in [0.3, 0.4) is 0 Å². The number of benzene rings is 1. The van der Waals surface area contributed by atoms with Crippen LogP contribution in [0.15, 0.2) is 34.5 Å². The minimum atomic E-state index is -0.286. The number of nitriles is 1. The van der Waals surface area contributed by atoms with Crippen LogP contribution in [0, 0.1) is 11.3 Å². The van der Waals surface area contributed by atoms with Gasteiger partial charge in [0.1, 0.15) is 17.5 Å². The number of carbonyl (C=O) groups is 1. The number of methoxy groups -OCH3 is 1. The van der Waals surface area contributed by atoms with Crippen molar-refractivity contribution in [3.05, 3.63) is 40.1 Å². The number of carbonyl (C=O) groups excluding carboxylic acids is 1. The number of thiophene rings is 1. The minimum Gasteiger partial charge on any atom is -0.495 e. The van der Waals surface area contributed by atoms with Crippen molar-refractivity contribution in [1.82, 2.24) is 0 Å². The number of thiol groups is 1. The molecule has 0 saturated carbocycles. The summed E-state index contributed by atoms with van der Waals surface area (Å²) in [6.45, 7) is 0. The molecule has 1 N–H and O–H groups in total. The Labute approximate surface area is 120 Å². The molecule has 4 nitrogen and oxygen atoms in total. The lowest BCUT2D eigenvalue weighted by Crippen LogP contribution is -2.12. The summed E-state index contributed by atoms with van der Waals surface area (Å²) in [5.41, 5.74) is 0.738. The van der Waals surface area contributed by atoms with E-state index in [1.165, 1.54) is 18.4 Å². The monoisotopic (exact) mass is 290 g/mol. The Bertz CT molecular complexity index is 659. The van der Waals surface area contributed by atoms with E-state index >= 15 is 0 Å². The highest BCUT2D eigenvalue weighted by Crippen LogP contribution is 2.29. The zero-order valence-corrected chi connectivity index (χ0v) is 11.7. The van der Waals surface area contributed by atoms with Gasteiger partial charge in [0.25, 0.3) is 5.91 Å². The lowest BCUT2D eigenvalue weighted by Gasteiger charge is -2.10. The first-order chi connectivity index (χ1) is 9.15. The fraction of sp³-hybridized carbons (Fsp3) is 0.0769. The number of ether oxygens (including phenoxy) is 1. The third-order valence-corrected chi connectivity index (χ3v) is 3.78. The molecule has 0 unspecified atom stereocenters. The van der Waals surface area contributed by atoms with E-state index in [1.807, 2.05) is 6.07 Å². The van der Waals surface area contributed by atoms with E-state index in [2.05, 4.69) is 17.9 Å². The summed E-state index contributed by atoms with van der Waals surface area (Å²) in [4.78, 5) is 13.3. The number of rotatable bonds is 3. The fourth-order valence-corrected chi connectivity index (χ4v) is 2.59. The first-order valence-electron chi connectivity index (χ1n) is 5.31. The van der Waals surface area contributed by atoms with E-state index in [9.17, 15) is 4.79 Å². The van der Waals surface area contributed by atoms with Crippen LogP contribution >= 0.6 is 24.0 Å². The molecule has 19 heavy (non-hydrogen) atoms. The highest BCUT2D eigenvalue weighted by Gasteiger charge is 2.14. The van der Waals surface area contributed by atoms with Gasteiger partial charge >= 0.3 is 0 Å². The molecule has 0 aliphatic heterocycles. The van der Waals surface area contributed by atoms with E-state index in [4.69, 9.17) is 10.00 Å². The van der Waals surface area contributed by atoms with Gasteiger partial charge in [-0.25, -0.2) is 0 Å². The molecule has 1 amide bonds. The minimum absolute atomic E-state index is 0.286. The molecule has 0 radical (unpaired) electrons. The lowest BCUT2D eigenvalue weighted by atomic mass is 10.1. The summed E-state index contributed by atoms with van der Waals surface area (Å²) in [6, 6.07) is 8.71. The Balaban J connectivity index is 2.33. The molecule has 0 bridgehead atoms. The Morgan fingerprint density at radius 3 is 2.89 bits per heavy atom. The summed E-state index contributed by atoms with van der Waals surface area (Å²) in [6.07, 6.45) is 0. The molecule has 0 fully saturated rings. The van der Waals surface area contributed by atoms with Gasteiger partial charge in [-0.05, 0) is 18.2 Å². The van der Waals surface area contributed by atoms with Crippen LogP contribution in [0.2, 0.25) is 0 Å². The molecule has 0 aliphatic rings. The van der Waals surface area contributed by atoms with Crippen molar-refractivity contribution in [3.8, 4) is 11.8 Å². The lowest BCUT2D eigenvalue weighted by molar-refractivity contribution is 0.103. The first kappa shape index (κ1) is 13.5. The number of anilines is 1. The van der Waals surface area contributed by atoms with Crippen LogP contribution in [0.5, 0.6) is 5.75 Å².